The van der Waals surface area contributed by atoms with Crippen LogP contribution in [-0.4, -0.2) is 15.9 Å². The van der Waals surface area contributed by atoms with Crippen LogP contribution in [0.3, 0.4) is 0 Å². The molecule has 0 fully saturated rings. The monoisotopic (exact) mass is 391 g/mol. The van der Waals surface area contributed by atoms with Gasteiger partial charge in [-0.05, 0) is 30.3 Å². The number of thiazole rings is 1. The Kier molecular flexibility index (Phi) is 4.78. The number of amides is 1. The first-order chi connectivity index (χ1) is 11.1. The molecular weight excluding hydrogens is 381 g/mol. The number of nitrogens with zero attached hydrogens (tertiary/aromatic N) is 2. The van der Waals surface area contributed by atoms with Gasteiger partial charge in [0.15, 0.2) is 0 Å². The molecule has 1 amide bonds. The minimum atomic E-state index is -0.484. The number of nitrogens with one attached hydrogen (secondary N) is 1. The zero-order valence-corrected chi connectivity index (χ0v) is 14.2. The van der Waals surface area contributed by atoms with Crippen LogP contribution in [0.2, 0.25) is 0 Å². The van der Waals surface area contributed by atoms with Crippen LogP contribution in [0.1, 0.15) is 5.69 Å². The van der Waals surface area contributed by atoms with Gasteiger partial charge in [-0.1, -0.05) is 15.9 Å². The first-order valence-corrected chi connectivity index (χ1v) is 8.39. The second-order valence-corrected chi connectivity index (χ2v) is 6.51. The number of carbonyl (C=O) groups excluding carboxylic acids is 1. The highest BCUT2D eigenvalue weighted by Gasteiger charge is 2.11. The molecule has 3 aromatic rings. The summed E-state index contributed by atoms with van der Waals surface area (Å²) >= 11 is 4.62. The molecule has 0 aliphatic heterocycles. The van der Waals surface area contributed by atoms with E-state index >= 15 is 0 Å². The third kappa shape index (κ3) is 4.00. The van der Waals surface area contributed by atoms with E-state index in [0.29, 0.717) is 10.2 Å². The average molecular weight is 392 g/mol. The van der Waals surface area contributed by atoms with Crippen LogP contribution < -0.4 is 5.32 Å². The predicted octanol–water partition coefficient (Wildman–Crippen LogP) is 4.29. The number of carbonyl (C=O) groups is 1. The maximum atomic E-state index is 13.7. The molecule has 4 nitrogen and oxygen atoms in total. The van der Waals surface area contributed by atoms with Gasteiger partial charge in [0.25, 0.3) is 0 Å². The van der Waals surface area contributed by atoms with Crippen molar-refractivity contribution < 1.29 is 9.18 Å². The Balaban J connectivity index is 1.68. The van der Waals surface area contributed by atoms with E-state index in [1.807, 2.05) is 17.5 Å². The van der Waals surface area contributed by atoms with Gasteiger partial charge in [-0.2, -0.15) is 0 Å². The Morgan fingerprint density at radius 1 is 1.35 bits per heavy atom. The molecule has 2 aromatic heterocycles. The van der Waals surface area contributed by atoms with E-state index in [0.717, 1.165) is 10.6 Å². The third-order valence-electron chi connectivity index (χ3n) is 3.01. The molecule has 1 aromatic carbocycles. The molecular formula is C16H11BrFN3OS. The zero-order valence-electron chi connectivity index (χ0n) is 11.8. The van der Waals surface area contributed by atoms with Gasteiger partial charge in [0.05, 0.1) is 17.8 Å². The summed E-state index contributed by atoms with van der Waals surface area (Å²) in [6.07, 6.45) is 3.50. The van der Waals surface area contributed by atoms with Gasteiger partial charge in [0.2, 0.25) is 5.91 Å². The second-order valence-electron chi connectivity index (χ2n) is 4.73. The van der Waals surface area contributed by atoms with Crippen LogP contribution >= 0.6 is 27.3 Å². The molecule has 0 saturated carbocycles. The van der Waals surface area contributed by atoms with Gasteiger partial charge >= 0.3 is 0 Å². The van der Waals surface area contributed by atoms with Crippen molar-refractivity contribution in [3.05, 3.63) is 64.1 Å². The molecule has 0 radical (unpaired) electrons. The van der Waals surface area contributed by atoms with Gasteiger partial charge in [0.1, 0.15) is 10.8 Å². The summed E-state index contributed by atoms with van der Waals surface area (Å²) in [5.41, 5.74) is 1.70. The van der Waals surface area contributed by atoms with Crippen molar-refractivity contribution in [2.45, 2.75) is 6.42 Å². The Hall–Kier alpha value is -2.12. The van der Waals surface area contributed by atoms with E-state index in [9.17, 15) is 9.18 Å². The van der Waals surface area contributed by atoms with Crippen LogP contribution in [0.25, 0.3) is 10.6 Å². The summed E-state index contributed by atoms with van der Waals surface area (Å²) in [7, 11) is 0. The second kappa shape index (κ2) is 6.97. The summed E-state index contributed by atoms with van der Waals surface area (Å²) in [5.74, 6) is -0.795. The Morgan fingerprint density at radius 2 is 2.22 bits per heavy atom. The third-order valence-corrected chi connectivity index (χ3v) is 4.44. The minimum Gasteiger partial charge on any atom is -0.323 e. The van der Waals surface area contributed by atoms with Crippen molar-refractivity contribution in [2.24, 2.45) is 0 Å². The maximum Gasteiger partial charge on any atom is 0.230 e. The van der Waals surface area contributed by atoms with Crippen LogP contribution in [0.15, 0.2) is 52.6 Å². The zero-order chi connectivity index (χ0) is 16.2. The summed E-state index contributed by atoms with van der Waals surface area (Å²) in [6, 6.07) is 8.23. The van der Waals surface area contributed by atoms with Crippen LogP contribution in [0, 0.1) is 5.82 Å². The van der Waals surface area contributed by atoms with Crippen LogP contribution in [0.5, 0.6) is 0 Å². The first-order valence-electron chi connectivity index (χ1n) is 6.71. The van der Waals surface area contributed by atoms with Gasteiger partial charge in [-0.3, -0.25) is 9.78 Å². The first kappa shape index (κ1) is 15.8. The Bertz CT molecular complexity index is 838. The standard InChI is InChI=1S/C16H11BrFN3OS/c17-11-3-4-14(13(18)6-11)21-15(22)7-12-9-23-16(20-12)10-2-1-5-19-8-10/h1-6,8-9H,7H2,(H,21,22). The van der Waals surface area contributed by atoms with E-state index in [2.05, 4.69) is 31.2 Å². The fourth-order valence-corrected chi connectivity index (χ4v) is 3.10. The summed E-state index contributed by atoms with van der Waals surface area (Å²) in [5, 5.41) is 5.17. The fraction of sp³-hybridized carbons (Fsp3) is 0.0625. The highest BCUT2D eigenvalue weighted by atomic mass is 79.9. The largest absolute Gasteiger partial charge is 0.323 e. The smallest absolute Gasteiger partial charge is 0.230 e. The van der Waals surface area contributed by atoms with E-state index < -0.39 is 5.82 Å². The molecule has 7 heteroatoms. The molecule has 0 aliphatic carbocycles. The number of benzene rings is 1. The van der Waals surface area contributed by atoms with Crippen molar-refractivity contribution in [3.63, 3.8) is 0 Å². The molecule has 116 valence electrons. The maximum absolute atomic E-state index is 13.7. The lowest BCUT2D eigenvalue weighted by Gasteiger charge is -2.05. The molecule has 3 rings (SSSR count). The quantitative estimate of drug-likeness (QED) is 0.721. The number of hydrogen-bond acceptors (Lipinski definition) is 4. The predicted molar refractivity (Wildman–Crippen MR) is 91.8 cm³/mol. The molecule has 0 atom stereocenters. The summed E-state index contributed by atoms with van der Waals surface area (Å²) in [4.78, 5) is 20.5. The molecule has 0 bridgehead atoms. The van der Waals surface area contributed by atoms with Crippen LogP contribution in [-0.2, 0) is 11.2 Å². The highest BCUT2D eigenvalue weighted by Crippen LogP contribution is 2.23. The number of aromatic nitrogens is 2. The lowest BCUT2D eigenvalue weighted by atomic mass is 10.2. The fourth-order valence-electron chi connectivity index (χ4n) is 1.96. The van der Waals surface area contributed by atoms with Gasteiger partial charge < -0.3 is 5.32 Å². The summed E-state index contributed by atoms with van der Waals surface area (Å²) in [6.45, 7) is 0. The molecule has 0 unspecified atom stereocenters. The van der Waals surface area contributed by atoms with Gasteiger partial charge in [0, 0.05) is 27.8 Å². The number of anilines is 1. The number of halogens is 2. The van der Waals surface area contributed by atoms with Crippen LogP contribution in [0.4, 0.5) is 10.1 Å². The van der Waals surface area contributed by atoms with Gasteiger partial charge in [-0.15, -0.1) is 11.3 Å². The molecule has 0 saturated heterocycles. The highest BCUT2D eigenvalue weighted by molar-refractivity contribution is 9.10. The van der Waals surface area contributed by atoms with Crippen molar-refractivity contribution in [1.29, 1.82) is 0 Å². The van der Waals surface area contributed by atoms with E-state index in [4.69, 9.17) is 0 Å². The van der Waals surface area contributed by atoms with E-state index in [1.54, 1.807) is 18.5 Å². The minimum absolute atomic E-state index is 0.0895. The van der Waals surface area contributed by atoms with Crippen molar-refractivity contribution in [1.82, 2.24) is 9.97 Å². The van der Waals surface area contributed by atoms with Gasteiger partial charge in [-0.25, -0.2) is 9.37 Å². The topological polar surface area (TPSA) is 54.9 Å². The Labute approximate surface area is 144 Å². The van der Waals surface area contributed by atoms with Crippen molar-refractivity contribution >= 4 is 38.9 Å². The van der Waals surface area contributed by atoms with E-state index in [1.165, 1.54) is 23.5 Å². The lowest BCUT2D eigenvalue weighted by molar-refractivity contribution is -0.115. The molecule has 23 heavy (non-hydrogen) atoms. The lowest BCUT2D eigenvalue weighted by Crippen LogP contribution is -2.15. The molecule has 0 aliphatic rings. The number of pyridine rings is 1. The number of rotatable bonds is 4. The molecule has 1 N–H and O–H groups in total. The van der Waals surface area contributed by atoms with Crippen molar-refractivity contribution in [2.75, 3.05) is 5.32 Å². The SMILES string of the molecule is O=C(Cc1csc(-c2cccnc2)n1)Nc1ccc(Br)cc1F. The normalized spacial score (nSPS) is 10.5. The molecule has 0 spiro atoms. The number of hydrogen-bond donors (Lipinski definition) is 1. The molecule has 2 heterocycles. The van der Waals surface area contributed by atoms with Crippen molar-refractivity contribution in [3.8, 4) is 10.6 Å². The average Bonchev–Trinajstić information content (AvgIpc) is 2.99. The van der Waals surface area contributed by atoms with E-state index in [-0.39, 0.29) is 18.0 Å². The Morgan fingerprint density at radius 3 is 2.96 bits per heavy atom. The summed E-state index contributed by atoms with van der Waals surface area (Å²) < 4.78 is 14.3.